The molecule has 3 aromatic rings. The predicted octanol–water partition coefficient (Wildman–Crippen LogP) is 3.53. The molecule has 0 aliphatic carbocycles. The van der Waals surface area contributed by atoms with Crippen LogP contribution in [-0.2, 0) is 24.7 Å². The third-order valence-corrected chi connectivity index (χ3v) is 7.25. The first-order valence-corrected chi connectivity index (χ1v) is 14.1. The maximum absolute atomic E-state index is 12.7. The number of benzene rings is 3. The zero-order valence-corrected chi connectivity index (χ0v) is 20.6. The standard InChI is InChI=1S/C24H26N2O6S2/c1-18(19-9-15-23(16-10-19)33(2,28)29)25-24(27)17-26(34(3,30)31)20-11-13-22(14-12-20)32-21-7-5-4-6-8-21/h4-16,18H,17H2,1-3H3,(H,25,27). The summed E-state index contributed by atoms with van der Waals surface area (Å²) >= 11 is 0. The van der Waals surface area contributed by atoms with Gasteiger partial charge in [-0.1, -0.05) is 30.3 Å². The fourth-order valence-corrected chi connectivity index (χ4v) is 4.70. The summed E-state index contributed by atoms with van der Waals surface area (Å²) in [6.07, 6.45) is 2.15. The van der Waals surface area contributed by atoms with E-state index in [0.717, 1.165) is 16.8 Å². The van der Waals surface area contributed by atoms with Crippen LogP contribution in [-0.4, -0.2) is 41.8 Å². The lowest BCUT2D eigenvalue weighted by Gasteiger charge is -2.23. The summed E-state index contributed by atoms with van der Waals surface area (Å²) in [5.74, 6) is 0.668. The molecule has 0 aliphatic heterocycles. The lowest BCUT2D eigenvalue weighted by atomic mass is 10.1. The molecule has 0 spiro atoms. The molecule has 1 amide bonds. The van der Waals surface area contributed by atoms with Gasteiger partial charge in [0.25, 0.3) is 0 Å². The minimum Gasteiger partial charge on any atom is -0.457 e. The number of para-hydroxylation sites is 1. The monoisotopic (exact) mass is 502 g/mol. The summed E-state index contributed by atoms with van der Waals surface area (Å²) in [6.45, 7) is 1.32. The number of carbonyl (C=O) groups is 1. The third-order valence-electron chi connectivity index (χ3n) is 4.98. The van der Waals surface area contributed by atoms with E-state index in [-0.39, 0.29) is 4.90 Å². The van der Waals surface area contributed by atoms with E-state index >= 15 is 0 Å². The molecule has 0 bridgehead atoms. The Labute approximate surface area is 200 Å². The minimum atomic E-state index is -3.74. The predicted molar refractivity (Wildman–Crippen MR) is 131 cm³/mol. The van der Waals surface area contributed by atoms with E-state index in [9.17, 15) is 21.6 Å². The molecule has 0 aromatic heterocycles. The highest BCUT2D eigenvalue weighted by atomic mass is 32.2. The van der Waals surface area contributed by atoms with Crippen molar-refractivity contribution in [1.29, 1.82) is 0 Å². The van der Waals surface area contributed by atoms with E-state index in [1.165, 1.54) is 12.1 Å². The Hall–Kier alpha value is -3.37. The van der Waals surface area contributed by atoms with E-state index in [1.54, 1.807) is 55.5 Å². The van der Waals surface area contributed by atoms with Crippen molar-refractivity contribution in [3.05, 3.63) is 84.4 Å². The van der Waals surface area contributed by atoms with Crippen LogP contribution in [0.2, 0.25) is 0 Å². The number of rotatable bonds is 9. The summed E-state index contributed by atoms with van der Waals surface area (Å²) in [5.41, 5.74) is 1.01. The SMILES string of the molecule is CC(NC(=O)CN(c1ccc(Oc2ccccc2)cc1)S(C)(=O)=O)c1ccc(S(C)(=O)=O)cc1. The number of hydrogen-bond acceptors (Lipinski definition) is 6. The molecule has 3 rings (SSSR count). The van der Waals surface area contributed by atoms with Crippen molar-refractivity contribution in [3.63, 3.8) is 0 Å². The van der Waals surface area contributed by atoms with Crippen molar-refractivity contribution in [3.8, 4) is 11.5 Å². The molecule has 1 unspecified atom stereocenters. The topological polar surface area (TPSA) is 110 Å². The minimum absolute atomic E-state index is 0.178. The molecule has 0 saturated heterocycles. The van der Waals surface area contributed by atoms with E-state index in [2.05, 4.69) is 5.32 Å². The Morgan fingerprint density at radius 1 is 0.853 bits per heavy atom. The van der Waals surface area contributed by atoms with Crippen molar-refractivity contribution in [2.45, 2.75) is 17.9 Å². The highest BCUT2D eigenvalue weighted by Crippen LogP contribution is 2.25. The van der Waals surface area contributed by atoms with Crippen molar-refractivity contribution >= 4 is 31.5 Å². The Balaban J connectivity index is 1.69. The number of sulfonamides is 1. The van der Waals surface area contributed by atoms with E-state index in [4.69, 9.17) is 4.74 Å². The number of carbonyl (C=O) groups excluding carboxylic acids is 1. The van der Waals surface area contributed by atoms with Crippen LogP contribution >= 0.6 is 0 Å². The molecule has 1 N–H and O–H groups in total. The molecule has 0 saturated carbocycles. The number of hydrogen-bond donors (Lipinski definition) is 1. The van der Waals surface area contributed by atoms with Gasteiger partial charge >= 0.3 is 0 Å². The number of sulfone groups is 1. The molecule has 180 valence electrons. The van der Waals surface area contributed by atoms with Crippen molar-refractivity contribution < 1.29 is 26.4 Å². The molecule has 3 aromatic carbocycles. The van der Waals surface area contributed by atoms with Gasteiger partial charge in [0.15, 0.2) is 9.84 Å². The summed E-state index contributed by atoms with van der Waals surface area (Å²) in [6, 6.07) is 21.3. The molecule has 0 heterocycles. The number of nitrogens with zero attached hydrogens (tertiary/aromatic N) is 1. The first kappa shape index (κ1) is 25.3. The van der Waals surface area contributed by atoms with Crippen LogP contribution < -0.4 is 14.4 Å². The van der Waals surface area contributed by atoms with Crippen molar-refractivity contribution in [2.75, 3.05) is 23.4 Å². The van der Waals surface area contributed by atoms with Crippen molar-refractivity contribution in [1.82, 2.24) is 5.32 Å². The zero-order chi connectivity index (χ0) is 24.9. The van der Waals surface area contributed by atoms with Gasteiger partial charge in [-0.3, -0.25) is 9.10 Å². The van der Waals surface area contributed by atoms with Gasteiger partial charge in [-0.2, -0.15) is 0 Å². The smallest absolute Gasteiger partial charge is 0.241 e. The first-order chi connectivity index (χ1) is 15.9. The molecule has 1 atom stereocenters. The summed E-state index contributed by atoms with van der Waals surface area (Å²) in [7, 11) is -7.06. The Morgan fingerprint density at radius 3 is 1.94 bits per heavy atom. The number of ether oxygens (including phenoxy) is 1. The van der Waals surface area contributed by atoms with Crippen LogP contribution in [0.3, 0.4) is 0 Å². The van der Waals surface area contributed by atoms with Gasteiger partial charge in [0.1, 0.15) is 18.0 Å². The van der Waals surface area contributed by atoms with Crippen LogP contribution in [0.4, 0.5) is 5.69 Å². The lowest BCUT2D eigenvalue weighted by molar-refractivity contribution is -0.120. The van der Waals surface area contributed by atoms with Gasteiger partial charge in [-0.05, 0) is 61.0 Å². The molecule has 10 heteroatoms. The van der Waals surface area contributed by atoms with E-state index in [1.807, 2.05) is 18.2 Å². The molecule has 0 aliphatic rings. The second-order valence-corrected chi connectivity index (χ2v) is 11.7. The first-order valence-electron chi connectivity index (χ1n) is 10.3. The Kier molecular flexibility index (Phi) is 7.63. The average Bonchev–Trinajstić information content (AvgIpc) is 2.77. The molecule has 0 radical (unpaired) electrons. The third kappa shape index (κ3) is 6.82. The highest BCUT2D eigenvalue weighted by Gasteiger charge is 2.22. The highest BCUT2D eigenvalue weighted by molar-refractivity contribution is 7.92. The summed E-state index contributed by atoms with van der Waals surface area (Å²) in [5, 5.41) is 2.75. The van der Waals surface area contributed by atoms with Crippen LogP contribution in [0.1, 0.15) is 18.5 Å². The van der Waals surface area contributed by atoms with Gasteiger partial charge in [-0.25, -0.2) is 16.8 Å². The average molecular weight is 503 g/mol. The van der Waals surface area contributed by atoms with Gasteiger partial charge in [0, 0.05) is 6.26 Å². The van der Waals surface area contributed by atoms with E-state index in [0.29, 0.717) is 22.7 Å². The van der Waals surface area contributed by atoms with Crippen LogP contribution in [0, 0.1) is 0 Å². The summed E-state index contributed by atoms with van der Waals surface area (Å²) < 4.78 is 54.7. The number of amides is 1. The van der Waals surface area contributed by atoms with Crippen LogP contribution in [0.25, 0.3) is 0 Å². The molecular formula is C24H26N2O6S2. The molecule has 8 nitrogen and oxygen atoms in total. The molecule has 0 fully saturated rings. The van der Waals surface area contributed by atoms with Gasteiger partial charge < -0.3 is 10.1 Å². The largest absolute Gasteiger partial charge is 0.457 e. The normalized spacial score (nSPS) is 12.6. The second-order valence-electron chi connectivity index (χ2n) is 7.81. The van der Waals surface area contributed by atoms with Gasteiger partial charge in [-0.15, -0.1) is 0 Å². The number of anilines is 1. The zero-order valence-electron chi connectivity index (χ0n) is 19.0. The van der Waals surface area contributed by atoms with Crippen LogP contribution in [0.15, 0.2) is 83.8 Å². The Bertz CT molecular complexity index is 1340. The maximum atomic E-state index is 12.7. The number of nitrogens with one attached hydrogen (secondary N) is 1. The van der Waals surface area contributed by atoms with Gasteiger partial charge in [0.2, 0.25) is 15.9 Å². The fraction of sp³-hybridized carbons (Fsp3) is 0.208. The maximum Gasteiger partial charge on any atom is 0.241 e. The van der Waals surface area contributed by atoms with Gasteiger partial charge in [0.05, 0.1) is 22.9 Å². The Morgan fingerprint density at radius 2 is 1.41 bits per heavy atom. The van der Waals surface area contributed by atoms with Crippen LogP contribution in [0.5, 0.6) is 11.5 Å². The molecule has 34 heavy (non-hydrogen) atoms. The second kappa shape index (κ2) is 10.3. The lowest BCUT2D eigenvalue weighted by Crippen LogP contribution is -2.41. The fourth-order valence-electron chi connectivity index (χ4n) is 3.21. The van der Waals surface area contributed by atoms with E-state index < -0.39 is 38.4 Å². The summed E-state index contributed by atoms with van der Waals surface area (Å²) in [4.78, 5) is 12.8. The quantitative estimate of drug-likeness (QED) is 0.479. The molecular weight excluding hydrogens is 476 g/mol. The van der Waals surface area contributed by atoms with Crippen molar-refractivity contribution in [2.24, 2.45) is 0 Å².